The normalized spacial score (nSPS) is 10.6. The van der Waals surface area contributed by atoms with E-state index in [0.29, 0.717) is 16.9 Å². The Labute approximate surface area is 143 Å². The number of benzene rings is 2. The largest absolute Gasteiger partial charge is 0.395 e. The van der Waals surface area contributed by atoms with Crippen LogP contribution in [-0.2, 0) is 0 Å². The lowest BCUT2D eigenvalue weighted by Crippen LogP contribution is -2.26. The van der Waals surface area contributed by atoms with Crippen LogP contribution in [0.1, 0.15) is 10.4 Å². The van der Waals surface area contributed by atoms with E-state index in [-0.39, 0.29) is 25.0 Å². The maximum atomic E-state index is 12.1. The summed E-state index contributed by atoms with van der Waals surface area (Å²) < 4.78 is 0. The number of anilines is 2. The number of aliphatic hydroxyl groups is 1. The van der Waals surface area contributed by atoms with Crippen LogP contribution in [0.3, 0.4) is 0 Å². The number of nitrogens with two attached hydrogens (primary N) is 2. The first-order chi connectivity index (χ1) is 12.1. The molecule has 1 amide bonds. The minimum absolute atomic E-state index is 0.103. The lowest BCUT2D eigenvalue weighted by Gasteiger charge is -2.09. The van der Waals surface area contributed by atoms with Crippen molar-refractivity contribution in [1.29, 1.82) is 0 Å². The monoisotopic (exact) mass is 338 g/mol. The van der Waals surface area contributed by atoms with Crippen LogP contribution in [0.4, 0.5) is 11.8 Å². The maximum absolute atomic E-state index is 12.1. The Morgan fingerprint density at radius 2 is 1.92 bits per heavy atom. The van der Waals surface area contributed by atoms with E-state index in [0.717, 1.165) is 16.5 Å². The van der Waals surface area contributed by atoms with Gasteiger partial charge in [0.25, 0.3) is 5.91 Å². The minimum atomic E-state index is -0.239. The van der Waals surface area contributed by atoms with Gasteiger partial charge in [-0.05, 0) is 35.4 Å². The van der Waals surface area contributed by atoms with Crippen molar-refractivity contribution in [3.63, 3.8) is 0 Å². The van der Waals surface area contributed by atoms with Crippen molar-refractivity contribution < 1.29 is 9.90 Å². The predicted molar refractivity (Wildman–Crippen MR) is 96.6 cm³/mol. The molecule has 0 atom stereocenters. The second-order valence-corrected chi connectivity index (χ2v) is 5.37. The van der Waals surface area contributed by atoms with Crippen molar-refractivity contribution in [2.24, 2.45) is 5.84 Å². The Morgan fingerprint density at radius 1 is 1.12 bits per heavy atom. The molecule has 0 aliphatic rings. The molecule has 0 saturated heterocycles. The maximum Gasteiger partial charge on any atom is 0.251 e. The van der Waals surface area contributed by atoms with Crippen molar-refractivity contribution in [2.75, 3.05) is 24.3 Å². The van der Waals surface area contributed by atoms with Crippen LogP contribution in [0.15, 0.2) is 42.5 Å². The van der Waals surface area contributed by atoms with Crippen LogP contribution < -0.4 is 22.3 Å². The van der Waals surface area contributed by atoms with E-state index in [4.69, 9.17) is 16.7 Å². The summed E-state index contributed by atoms with van der Waals surface area (Å²) in [7, 11) is 0. The molecule has 128 valence electrons. The molecular weight excluding hydrogens is 320 g/mol. The molecule has 3 aromatic rings. The number of hydrogen-bond donors (Lipinski definition) is 5. The van der Waals surface area contributed by atoms with E-state index in [2.05, 4.69) is 20.7 Å². The minimum Gasteiger partial charge on any atom is -0.395 e. The number of nitrogens with zero attached hydrogens (tertiary/aromatic N) is 2. The van der Waals surface area contributed by atoms with Crippen molar-refractivity contribution in [2.45, 2.75) is 0 Å². The van der Waals surface area contributed by atoms with E-state index in [9.17, 15) is 4.79 Å². The third kappa shape index (κ3) is 3.49. The molecule has 0 saturated carbocycles. The van der Waals surface area contributed by atoms with E-state index in [1.54, 1.807) is 18.2 Å². The van der Waals surface area contributed by atoms with Gasteiger partial charge in [-0.1, -0.05) is 18.2 Å². The van der Waals surface area contributed by atoms with Gasteiger partial charge in [0.15, 0.2) is 5.82 Å². The number of hydrazine groups is 1. The number of aliphatic hydroxyl groups excluding tert-OH is 1. The molecule has 0 bridgehead atoms. The molecule has 0 radical (unpaired) electrons. The molecule has 1 heterocycles. The van der Waals surface area contributed by atoms with Crippen LogP contribution in [-0.4, -0.2) is 34.1 Å². The summed E-state index contributed by atoms with van der Waals surface area (Å²) >= 11 is 0. The van der Waals surface area contributed by atoms with Crippen molar-refractivity contribution in [3.05, 3.63) is 48.0 Å². The number of carbonyl (C=O) groups excluding carboxylic acids is 1. The number of carbonyl (C=O) groups is 1. The van der Waals surface area contributed by atoms with Gasteiger partial charge >= 0.3 is 0 Å². The molecule has 25 heavy (non-hydrogen) atoms. The number of fused-ring (bicyclic) bond motifs is 1. The molecule has 3 rings (SSSR count). The van der Waals surface area contributed by atoms with Crippen LogP contribution in [0.2, 0.25) is 0 Å². The number of nitrogen functional groups attached to an aromatic ring is 2. The van der Waals surface area contributed by atoms with Crippen LogP contribution in [0, 0.1) is 0 Å². The Bertz CT molecular complexity index is 928. The van der Waals surface area contributed by atoms with Gasteiger partial charge in [-0.3, -0.25) is 4.79 Å². The molecule has 0 spiro atoms. The molecule has 0 unspecified atom stereocenters. The summed E-state index contributed by atoms with van der Waals surface area (Å²) in [5, 5.41) is 12.2. The standard InChI is InChI=1S/C17H18N6O2/c18-17-21-14-5-4-11(9-13(14)15(22-17)23-19)10-2-1-3-12(8-10)16(25)20-6-7-24/h1-5,8-9,24H,6-7,19H2,(H,20,25)(H3,18,21,22,23). The number of amides is 1. The highest BCUT2D eigenvalue weighted by molar-refractivity contribution is 5.97. The fraction of sp³-hybridized carbons (Fsp3) is 0.118. The van der Waals surface area contributed by atoms with Gasteiger partial charge in [0.05, 0.1) is 12.1 Å². The van der Waals surface area contributed by atoms with Crippen LogP contribution >= 0.6 is 0 Å². The number of rotatable bonds is 5. The Morgan fingerprint density at radius 3 is 2.68 bits per heavy atom. The lowest BCUT2D eigenvalue weighted by molar-refractivity contribution is 0.0945. The van der Waals surface area contributed by atoms with Crippen molar-refractivity contribution in [3.8, 4) is 11.1 Å². The summed E-state index contributed by atoms with van der Waals surface area (Å²) in [5.41, 5.74) is 11.1. The van der Waals surface area contributed by atoms with Crippen LogP contribution in [0.25, 0.3) is 22.0 Å². The van der Waals surface area contributed by atoms with Gasteiger partial charge in [-0.2, -0.15) is 4.98 Å². The van der Waals surface area contributed by atoms with Gasteiger partial charge in [0.1, 0.15) is 0 Å². The number of hydrogen-bond acceptors (Lipinski definition) is 7. The summed E-state index contributed by atoms with van der Waals surface area (Å²) in [5.74, 6) is 5.84. The van der Waals surface area contributed by atoms with E-state index in [1.165, 1.54) is 0 Å². The SMILES string of the molecule is NNc1nc(N)nc2ccc(-c3cccc(C(=O)NCCO)c3)cc12. The molecule has 0 aliphatic heterocycles. The summed E-state index contributed by atoms with van der Waals surface area (Å²) in [6.45, 7) is 0.109. The smallest absolute Gasteiger partial charge is 0.251 e. The molecule has 0 fully saturated rings. The molecule has 8 heteroatoms. The first-order valence-corrected chi connectivity index (χ1v) is 7.66. The summed E-state index contributed by atoms with van der Waals surface area (Å²) in [4.78, 5) is 20.3. The number of aromatic nitrogens is 2. The highest BCUT2D eigenvalue weighted by Crippen LogP contribution is 2.28. The predicted octanol–water partition coefficient (Wildman–Crippen LogP) is 0.887. The first kappa shape index (κ1) is 16.6. The molecule has 8 nitrogen and oxygen atoms in total. The molecule has 2 aromatic carbocycles. The molecule has 7 N–H and O–H groups in total. The lowest BCUT2D eigenvalue weighted by atomic mass is 10.0. The van der Waals surface area contributed by atoms with Gasteiger partial charge in [-0.25, -0.2) is 10.8 Å². The Kier molecular flexibility index (Phi) is 4.73. The van der Waals surface area contributed by atoms with Crippen LogP contribution in [0.5, 0.6) is 0 Å². The highest BCUT2D eigenvalue weighted by atomic mass is 16.3. The van der Waals surface area contributed by atoms with Gasteiger partial charge in [-0.15, -0.1) is 0 Å². The quantitative estimate of drug-likeness (QED) is 0.344. The zero-order chi connectivity index (χ0) is 17.8. The second kappa shape index (κ2) is 7.12. The highest BCUT2D eigenvalue weighted by Gasteiger charge is 2.10. The fourth-order valence-electron chi connectivity index (χ4n) is 2.55. The first-order valence-electron chi connectivity index (χ1n) is 7.66. The topological polar surface area (TPSA) is 139 Å². The molecular formula is C17H18N6O2. The third-order valence-corrected chi connectivity index (χ3v) is 3.71. The second-order valence-electron chi connectivity index (χ2n) is 5.37. The van der Waals surface area contributed by atoms with Gasteiger partial charge in [0, 0.05) is 17.5 Å². The third-order valence-electron chi connectivity index (χ3n) is 3.71. The zero-order valence-electron chi connectivity index (χ0n) is 13.4. The number of nitrogens with one attached hydrogen (secondary N) is 2. The van der Waals surface area contributed by atoms with E-state index < -0.39 is 0 Å². The summed E-state index contributed by atoms with van der Waals surface area (Å²) in [6.07, 6.45) is 0. The van der Waals surface area contributed by atoms with Crippen molar-refractivity contribution in [1.82, 2.24) is 15.3 Å². The Balaban J connectivity index is 2.02. The molecule has 0 aliphatic carbocycles. The van der Waals surface area contributed by atoms with E-state index >= 15 is 0 Å². The average Bonchev–Trinajstić information content (AvgIpc) is 2.65. The van der Waals surface area contributed by atoms with Crippen molar-refractivity contribution >= 4 is 28.6 Å². The van der Waals surface area contributed by atoms with Gasteiger partial charge in [0.2, 0.25) is 5.95 Å². The summed E-state index contributed by atoms with van der Waals surface area (Å²) in [6, 6.07) is 12.8. The zero-order valence-corrected chi connectivity index (χ0v) is 13.4. The van der Waals surface area contributed by atoms with Gasteiger partial charge < -0.3 is 21.6 Å². The average molecular weight is 338 g/mol. The Hall–Kier alpha value is -3.23. The fourth-order valence-corrected chi connectivity index (χ4v) is 2.55. The molecule has 1 aromatic heterocycles. The van der Waals surface area contributed by atoms with E-state index in [1.807, 2.05) is 24.3 Å².